The van der Waals surface area contributed by atoms with Crippen molar-refractivity contribution in [2.45, 2.75) is 11.7 Å². The van der Waals surface area contributed by atoms with Gasteiger partial charge in [0.1, 0.15) is 5.25 Å². The molecule has 1 atom stereocenters. The van der Waals surface area contributed by atoms with Crippen LogP contribution in [0.3, 0.4) is 0 Å². The second kappa shape index (κ2) is 5.70. The van der Waals surface area contributed by atoms with Gasteiger partial charge in [0.25, 0.3) is 0 Å². The molecule has 0 aromatic heterocycles. The van der Waals surface area contributed by atoms with Gasteiger partial charge in [-0.2, -0.15) is 12.6 Å². The molecule has 1 radical (unpaired) electrons. The van der Waals surface area contributed by atoms with Gasteiger partial charge in [-0.3, -0.25) is 9.59 Å². The molecule has 0 aliphatic rings. The van der Waals surface area contributed by atoms with Gasteiger partial charge >= 0.3 is 11.9 Å². The molecular formula is C4H6O4STc. The summed E-state index contributed by atoms with van der Waals surface area (Å²) in [6, 6.07) is 0. The molecule has 0 aromatic carbocycles. The van der Waals surface area contributed by atoms with E-state index < -0.39 is 23.6 Å². The summed E-state index contributed by atoms with van der Waals surface area (Å²) in [5.74, 6) is -2.36. The zero-order valence-corrected chi connectivity index (χ0v) is 7.57. The summed E-state index contributed by atoms with van der Waals surface area (Å²) < 4.78 is 0. The summed E-state index contributed by atoms with van der Waals surface area (Å²) in [4.78, 5) is 19.7. The Morgan fingerprint density at radius 1 is 1.40 bits per heavy atom. The van der Waals surface area contributed by atoms with Gasteiger partial charge in [0.05, 0.1) is 6.42 Å². The van der Waals surface area contributed by atoms with Gasteiger partial charge in [-0.25, -0.2) is 0 Å². The molecule has 59 valence electrons. The van der Waals surface area contributed by atoms with E-state index in [4.69, 9.17) is 10.2 Å². The molecule has 0 amide bonds. The van der Waals surface area contributed by atoms with E-state index >= 15 is 0 Å². The normalized spacial score (nSPS) is 11.3. The Kier molecular flexibility index (Phi) is 7.19. The van der Waals surface area contributed by atoms with Crippen LogP contribution in [0.25, 0.3) is 0 Å². The first kappa shape index (κ1) is 12.6. The molecule has 2 N–H and O–H groups in total. The Hall–Kier alpha value is -0.0606. The van der Waals surface area contributed by atoms with Crippen molar-refractivity contribution in [1.82, 2.24) is 0 Å². The molecule has 0 rings (SSSR count). The minimum absolute atomic E-state index is 0. The van der Waals surface area contributed by atoms with E-state index in [1.807, 2.05) is 0 Å². The molecule has 0 bridgehead atoms. The molecule has 0 aromatic rings. The molecule has 0 aliphatic carbocycles. The summed E-state index contributed by atoms with van der Waals surface area (Å²) in [6.45, 7) is 0. The predicted molar refractivity (Wildman–Crippen MR) is 32.7 cm³/mol. The molecule has 0 fully saturated rings. The van der Waals surface area contributed by atoms with Crippen LogP contribution in [0.5, 0.6) is 0 Å². The van der Waals surface area contributed by atoms with E-state index in [2.05, 4.69) is 12.6 Å². The fraction of sp³-hybridized carbons (Fsp3) is 0.500. The third kappa shape index (κ3) is 6.07. The molecular weight excluding hydrogens is 242 g/mol. The molecule has 1 unspecified atom stereocenters. The van der Waals surface area contributed by atoms with Crippen LogP contribution in [0.2, 0.25) is 0 Å². The molecule has 6 heteroatoms. The van der Waals surface area contributed by atoms with Crippen LogP contribution in [0, 0.1) is 0 Å². The SMILES string of the molecule is O=C(O)CC(S)C(=O)O.[Tc]. The van der Waals surface area contributed by atoms with Crippen LogP contribution in [0.1, 0.15) is 6.42 Å². The summed E-state index contributed by atoms with van der Waals surface area (Å²) >= 11 is 3.48. The first-order valence-corrected chi connectivity index (χ1v) is 2.68. The summed E-state index contributed by atoms with van der Waals surface area (Å²) in [5, 5.41) is 15.0. The maximum Gasteiger partial charge on any atom is 0.316 e. The van der Waals surface area contributed by atoms with Crippen LogP contribution in [0.4, 0.5) is 0 Å². The number of rotatable bonds is 3. The quantitative estimate of drug-likeness (QED) is 0.607. The van der Waals surface area contributed by atoms with E-state index in [0.29, 0.717) is 0 Å². The topological polar surface area (TPSA) is 74.6 Å². The van der Waals surface area contributed by atoms with E-state index in [1.54, 1.807) is 0 Å². The molecule has 0 saturated heterocycles. The number of carbonyl (C=O) groups is 2. The molecule has 0 spiro atoms. The Morgan fingerprint density at radius 3 is 1.90 bits per heavy atom. The van der Waals surface area contributed by atoms with Crippen molar-refractivity contribution in [1.29, 1.82) is 0 Å². The van der Waals surface area contributed by atoms with Crippen LogP contribution in [0.15, 0.2) is 0 Å². The van der Waals surface area contributed by atoms with Crippen molar-refractivity contribution in [2.24, 2.45) is 0 Å². The van der Waals surface area contributed by atoms with E-state index in [9.17, 15) is 9.59 Å². The van der Waals surface area contributed by atoms with Crippen LogP contribution in [-0.2, 0) is 29.7 Å². The average molecular weight is 248 g/mol. The summed E-state index contributed by atoms with van der Waals surface area (Å²) in [6.07, 6.45) is -0.446. The molecule has 0 aliphatic heterocycles. The Morgan fingerprint density at radius 2 is 1.80 bits per heavy atom. The smallest absolute Gasteiger partial charge is 0.316 e. The third-order valence-electron chi connectivity index (χ3n) is 0.653. The Bertz CT molecular complexity index is 137. The van der Waals surface area contributed by atoms with Crippen molar-refractivity contribution in [3.05, 3.63) is 0 Å². The van der Waals surface area contributed by atoms with E-state index in [-0.39, 0.29) is 20.1 Å². The van der Waals surface area contributed by atoms with Crippen molar-refractivity contribution < 1.29 is 39.9 Å². The minimum Gasteiger partial charge on any atom is -0.481 e. The van der Waals surface area contributed by atoms with Gasteiger partial charge in [0.2, 0.25) is 0 Å². The van der Waals surface area contributed by atoms with Gasteiger partial charge in [0.15, 0.2) is 0 Å². The van der Waals surface area contributed by atoms with Gasteiger partial charge in [-0.15, -0.1) is 0 Å². The number of carboxylic acids is 2. The zero-order chi connectivity index (χ0) is 7.44. The van der Waals surface area contributed by atoms with Gasteiger partial charge < -0.3 is 10.2 Å². The number of hydrogen-bond acceptors (Lipinski definition) is 3. The number of thiol groups is 1. The summed E-state index contributed by atoms with van der Waals surface area (Å²) in [7, 11) is 0. The molecule has 0 heterocycles. The van der Waals surface area contributed by atoms with Crippen molar-refractivity contribution >= 4 is 24.6 Å². The van der Waals surface area contributed by atoms with Gasteiger partial charge in [-0.05, 0) is 0 Å². The monoisotopic (exact) mass is 247 g/mol. The standard InChI is InChI=1S/C4H6O4S.Tc/c5-3(6)1-2(9)4(7)8;/h2,9H,1H2,(H,5,6)(H,7,8);. The van der Waals surface area contributed by atoms with Gasteiger partial charge in [0, 0.05) is 20.1 Å². The van der Waals surface area contributed by atoms with Crippen molar-refractivity contribution in [3.8, 4) is 0 Å². The fourth-order valence-corrected chi connectivity index (χ4v) is 0.409. The molecule has 0 saturated carbocycles. The van der Waals surface area contributed by atoms with Crippen LogP contribution < -0.4 is 0 Å². The van der Waals surface area contributed by atoms with Crippen LogP contribution in [-0.4, -0.2) is 27.4 Å². The van der Waals surface area contributed by atoms with Crippen molar-refractivity contribution in [2.75, 3.05) is 0 Å². The first-order valence-electron chi connectivity index (χ1n) is 2.16. The zero-order valence-electron chi connectivity index (χ0n) is 4.82. The maximum atomic E-state index is 9.90. The number of hydrogen-bond donors (Lipinski definition) is 3. The third-order valence-corrected chi connectivity index (χ3v) is 1.06. The Labute approximate surface area is 76.4 Å². The average Bonchev–Trinajstić information content (AvgIpc) is 1.63. The Balaban J connectivity index is 0. The van der Waals surface area contributed by atoms with E-state index in [0.717, 1.165) is 0 Å². The molecule has 4 nitrogen and oxygen atoms in total. The number of aliphatic carboxylic acids is 2. The first-order chi connectivity index (χ1) is 4.04. The fourth-order valence-electron chi connectivity index (χ4n) is 0.253. The minimum atomic E-state index is -1.21. The second-order valence-electron chi connectivity index (χ2n) is 1.45. The number of carboxylic acid groups (broad SMARTS) is 2. The largest absolute Gasteiger partial charge is 0.481 e. The van der Waals surface area contributed by atoms with E-state index in [1.165, 1.54) is 0 Å². The molecule has 10 heavy (non-hydrogen) atoms. The predicted octanol–water partition coefficient (Wildman–Crippen LogP) is -0.158. The summed E-state index contributed by atoms with van der Waals surface area (Å²) in [5.41, 5.74) is 0. The van der Waals surface area contributed by atoms with Crippen molar-refractivity contribution in [3.63, 3.8) is 0 Å². The second-order valence-corrected chi connectivity index (χ2v) is 2.08. The van der Waals surface area contributed by atoms with Gasteiger partial charge in [-0.1, -0.05) is 0 Å². The van der Waals surface area contributed by atoms with Crippen LogP contribution >= 0.6 is 12.6 Å². The maximum absolute atomic E-state index is 9.90.